The highest BCUT2D eigenvalue weighted by atomic mass is 79.9. The first kappa shape index (κ1) is 10.9. The highest BCUT2D eigenvalue weighted by Crippen LogP contribution is 2.27. The van der Waals surface area contributed by atoms with Gasteiger partial charge in [-0.3, -0.25) is 4.68 Å². The van der Waals surface area contributed by atoms with Gasteiger partial charge >= 0.3 is 0 Å². The molecular formula is C9H10BrN5O. The van der Waals surface area contributed by atoms with E-state index in [0.29, 0.717) is 22.1 Å². The number of hydrogen-bond acceptors (Lipinski definition) is 5. The molecule has 0 amide bonds. The van der Waals surface area contributed by atoms with Crippen LogP contribution in [-0.4, -0.2) is 26.8 Å². The summed E-state index contributed by atoms with van der Waals surface area (Å²) in [6.07, 6.45) is 5.01. The molecule has 7 heteroatoms. The number of nitrogens with zero attached hydrogens (tertiary/aromatic N) is 4. The Bertz CT molecular complexity index is 498. The maximum absolute atomic E-state index is 5.55. The molecule has 6 nitrogen and oxygen atoms in total. The first-order chi connectivity index (χ1) is 7.69. The summed E-state index contributed by atoms with van der Waals surface area (Å²) in [7, 11) is 3.57. The average Bonchev–Trinajstić information content (AvgIpc) is 2.67. The molecule has 0 aromatic carbocycles. The third-order valence-corrected chi connectivity index (χ3v) is 2.38. The van der Waals surface area contributed by atoms with Gasteiger partial charge in [-0.25, -0.2) is 4.98 Å². The fourth-order valence-electron chi connectivity index (χ4n) is 1.11. The standard InChI is InChI=1S/C9H10BrN5O/c1-11-9-12-4-7(10)8(14-9)16-6-3-13-15(2)5-6/h3-5H,1-2H3,(H,11,12,14). The zero-order chi connectivity index (χ0) is 11.5. The van der Waals surface area contributed by atoms with Crippen LogP contribution in [0.2, 0.25) is 0 Å². The molecule has 0 aliphatic rings. The molecular weight excluding hydrogens is 274 g/mol. The normalized spacial score (nSPS) is 10.2. The van der Waals surface area contributed by atoms with Gasteiger partial charge in [-0.05, 0) is 15.9 Å². The highest BCUT2D eigenvalue weighted by Gasteiger charge is 2.07. The number of aryl methyl sites for hydroxylation is 1. The van der Waals surface area contributed by atoms with Crippen LogP contribution in [0.3, 0.4) is 0 Å². The molecule has 0 saturated carbocycles. The van der Waals surface area contributed by atoms with E-state index in [-0.39, 0.29) is 0 Å². The lowest BCUT2D eigenvalue weighted by molar-refractivity contribution is 0.458. The first-order valence-corrected chi connectivity index (χ1v) is 5.35. The SMILES string of the molecule is CNc1ncc(Br)c(Oc2cnn(C)c2)n1. The number of hydrogen-bond donors (Lipinski definition) is 1. The van der Waals surface area contributed by atoms with Crippen molar-refractivity contribution in [1.29, 1.82) is 0 Å². The van der Waals surface area contributed by atoms with E-state index < -0.39 is 0 Å². The molecule has 0 unspecified atom stereocenters. The minimum absolute atomic E-state index is 0.451. The van der Waals surface area contributed by atoms with Crippen molar-refractivity contribution in [3.8, 4) is 11.6 Å². The van der Waals surface area contributed by atoms with Crippen LogP contribution in [0.15, 0.2) is 23.1 Å². The van der Waals surface area contributed by atoms with Crippen molar-refractivity contribution in [2.24, 2.45) is 7.05 Å². The van der Waals surface area contributed by atoms with E-state index >= 15 is 0 Å². The summed E-state index contributed by atoms with van der Waals surface area (Å²) in [4.78, 5) is 8.20. The molecule has 2 heterocycles. The summed E-state index contributed by atoms with van der Waals surface area (Å²) in [5.41, 5.74) is 0. The van der Waals surface area contributed by atoms with Crippen molar-refractivity contribution in [2.75, 3.05) is 12.4 Å². The van der Waals surface area contributed by atoms with Gasteiger partial charge in [-0.2, -0.15) is 10.1 Å². The predicted octanol–water partition coefficient (Wildman–Crippen LogP) is 1.81. The molecule has 0 radical (unpaired) electrons. The molecule has 0 atom stereocenters. The summed E-state index contributed by atoms with van der Waals surface area (Å²) in [6, 6.07) is 0. The van der Waals surface area contributed by atoms with Crippen molar-refractivity contribution in [2.45, 2.75) is 0 Å². The molecule has 0 fully saturated rings. The smallest absolute Gasteiger partial charge is 0.238 e. The second kappa shape index (κ2) is 4.48. The van der Waals surface area contributed by atoms with E-state index in [1.807, 2.05) is 7.05 Å². The predicted molar refractivity (Wildman–Crippen MR) is 62.6 cm³/mol. The average molecular weight is 284 g/mol. The van der Waals surface area contributed by atoms with E-state index in [4.69, 9.17) is 4.74 Å². The maximum Gasteiger partial charge on any atom is 0.238 e. The molecule has 2 rings (SSSR count). The van der Waals surface area contributed by atoms with Crippen LogP contribution in [0.5, 0.6) is 11.6 Å². The number of ether oxygens (including phenoxy) is 1. The Morgan fingerprint density at radius 1 is 1.44 bits per heavy atom. The Labute approximate surface area is 101 Å². The van der Waals surface area contributed by atoms with Gasteiger partial charge < -0.3 is 10.1 Å². The van der Waals surface area contributed by atoms with Crippen LogP contribution in [0, 0.1) is 0 Å². The molecule has 16 heavy (non-hydrogen) atoms. The molecule has 2 aromatic rings. The minimum Gasteiger partial charge on any atom is -0.434 e. The fraction of sp³-hybridized carbons (Fsp3) is 0.222. The molecule has 0 aliphatic carbocycles. The monoisotopic (exact) mass is 283 g/mol. The second-order valence-electron chi connectivity index (χ2n) is 3.05. The van der Waals surface area contributed by atoms with Crippen LogP contribution in [-0.2, 0) is 7.05 Å². The largest absolute Gasteiger partial charge is 0.434 e. The molecule has 2 aromatic heterocycles. The molecule has 1 N–H and O–H groups in total. The van der Waals surface area contributed by atoms with Crippen LogP contribution in [0.25, 0.3) is 0 Å². The topological polar surface area (TPSA) is 64.9 Å². The zero-order valence-electron chi connectivity index (χ0n) is 8.81. The summed E-state index contributed by atoms with van der Waals surface area (Å²) in [5.74, 6) is 1.58. The van der Waals surface area contributed by atoms with Crippen molar-refractivity contribution < 1.29 is 4.74 Å². The summed E-state index contributed by atoms with van der Waals surface area (Å²) < 4.78 is 7.90. The quantitative estimate of drug-likeness (QED) is 0.931. The van der Waals surface area contributed by atoms with Crippen LogP contribution < -0.4 is 10.1 Å². The molecule has 0 spiro atoms. The van der Waals surface area contributed by atoms with Gasteiger partial charge in [-0.1, -0.05) is 0 Å². The van der Waals surface area contributed by atoms with Gasteiger partial charge in [0.05, 0.1) is 23.1 Å². The Morgan fingerprint density at radius 3 is 2.88 bits per heavy atom. The first-order valence-electron chi connectivity index (χ1n) is 4.56. The molecule has 0 saturated heterocycles. The molecule has 0 bridgehead atoms. The highest BCUT2D eigenvalue weighted by molar-refractivity contribution is 9.10. The third-order valence-electron chi connectivity index (χ3n) is 1.83. The van der Waals surface area contributed by atoms with Crippen LogP contribution in [0.1, 0.15) is 0 Å². The number of rotatable bonds is 3. The lowest BCUT2D eigenvalue weighted by Crippen LogP contribution is -1.98. The van der Waals surface area contributed by atoms with Gasteiger partial charge in [0.2, 0.25) is 11.8 Å². The van der Waals surface area contributed by atoms with Crippen LogP contribution >= 0.6 is 15.9 Å². The summed E-state index contributed by atoms with van der Waals surface area (Å²) >= 11 is 3.32. The number of aromatic nitrogens is 4. The lowest BCUT2D eigenvalue weighted by atomic mass is 10.6. The van der Waals surface area contributed by atoms with Gasteiger partial charge in [0.1, 0.15) is 0 Å². The Morgan fingerprint density at radius 2 is 2.25 bits per heavy atom. The van der Waals surface area contributed by atoms with Gasteiger partial charge in [0.25, 0.3) is 0 Å². The van der Waals surface area contributed by atoms with Crippen LogP contribution in [0.4, 0.5) is 5.95 Å². The summed E-state index contributed by atoms with van der Waals surface area (Å²) in [6.45, 7) is 0. The minimum atomic E-state index is 0.451. The lowest BCUT2D eigenvalue weighted by Gasteiger charge is -2.05. The van der Waals surface area contributed by atoms with Crippen molar-refractivity contribution in [1.82, 2.24) is 19.7 Å². The number of halogens is 1. The Balaban J connectivity index is 2.26. The molecule has 84 valence electrons. The summed E-state index contributed by atoms with van der Waals surface area (Å²) in [5, 5.41) is 6.84. The van der Waals surface area contributed by atoms with Crippen molar-refractivity contribution in [3.63, 3.8) is 0 Å². The Kier molecular flexibility index (Phi) is 3.04. The zero-order valence-corrected chi connectivity index (χ0v) is 10.4. The number of anilines is 1. The maximum atomic E-state index is 5.55. The van der Waals surface area contributed by atoms with Crippen molar-refractivity contribution >= 4 is 21.9 Å². The van der Waals surface area contributed by atoms with E-state index in [1.165, 1.54) is 0 Å². The van der Waals surface area contributed by atoms with Gasteiger partial charge in [-0.15, -0.1) is 0 Å². The fourth-order valence-corrected chi connectivity index (χ4v) is 1.38. The Hall–Kier alpha value is -1.63. The second-order valence-corrected chi connectivity index (χ2v) is 3.90. The van der Waals surface area contributed by atoms with E-state index in [0.717, 1.165) is 0 Å². The molecule has 0 aliphatic heterocycles. The number of nitrogens with one attached hydrogen (secondary N) is 1. The third kappa shape index (κ3) is 2.30. The van der Waals surface area contributed by atoms with Gasteiger partial charge in [0.15, 0.2) is 5.75 Å². The van der Waals surface area contributed by atoms with E-state index in [2.05, 4.69) is 36.3 Å². The van der Waals surface area contributed by atoms with E-state index in [9.17, 15) is 0 Å². The van der Waals surface area contributed by atoms with E-state index in [1.54, 1.807) is 30.3 Å². The van der Waals surface area contributed by atoms with Gasteiger partial charge in [0, 0.05) is 14.1 Å². The van der Waals surface area contributed by atoms with Crippen molar-refractivity contribution in [3.05, 3.63) is 23.1 Å².